The van der Waals surface area contributed by atoms with Crippen LogP contribution in [0.25, 0.3) is 0 Å². The molecule has 1 heterocycles. The molecule has 0 saturated carbocycles. The molecule has 1 unspecified atom stereocenters. The van der Waals surface area contributed by atoms with Crippen molar-refractivity contribution in [2.75, 3.05) is 11.4 Å². The number of anilines is 1. The van der Waals surface area contributed by atoms with Crippen LogP contribution < -0.4 is 4.90 Å². The van der Waals surface area contributed by atoms with Crippen LogP contribution in [0.3, 0.4) is 0 Å². The van der Waals surface area contributed by atoms with Crippen molar-refractivity contribution in [3.05, 3.63) is 30.1 Å². The molecular formula is C13H15FN2. The zero-order valence-electron chi connectivity index (χ0n) is 9.57. The molecular weight excluding hydrogens is 203 g/mol. The third-order valence-corrected chi connectivity index (χ3v) is 3.47. The molecule has 0 N–H and O–H groups in total. The number of rotatable bonds is 1. The number of benzene rings is 1. The zero-order valence-corrected chi connectivity index (χ0v) is 9.57. The van der Waals surface area contributed by atoms with Crippen LogP contribution in [-0.4, -0.2) is 12.1 Å². The largest absolute Gasteiger partial charge is 0.365 e. The minimum Gasteiger partial charge on any atom is -0.365 e. The van der Waals surface area contributed by atoms with Gasteiger partial charge in [0, 0.05) is 12.2 Å². The Hall–Kier alpha value is -1.56. The summed E-state index contributed by atoms with van der Waals surface area (Å²) in [6.07, 6.45) is 0.847. The van der Waals surface area contributed by atoms with Crippen molar-refractivity contribution in [1.29, 1.82) is 5.26 Å². The molecule has 84 valence electrons. The van der Waals surface area contributed by atoms with E-state index in [0.717, 1.165) is 18.7 Å². The molecule has 0 amide bonds. The van der Waals surface area contributed by atoms with Gasteiger partial charge >= 0.3 is 0 Å². The van der Waals surface area contributed by atoms with E-state index < -0.39 is 0 Å². The van der Waals surface area contributed by atoms with Gasteiger partial charge in [0.1, 0.15) is 5.82 Å². The van der Waals surface area contributed by atoms with Crippen molar-refractivity contribution < 1.29 is 4.39 Å². The van der Waals surface area contributed by atoms with E-state index in [2.05, 4.69) is 11.0 Å². The summed E-state index contributed by atoms with van der Waals surface area (Å²) in [5.74, 6) is -0.218. The first-order valence-electron chi connectivity index (χ1n) is 5.48. The number of nitriles is 1. The molecule has 1 saturated heterocycles. The maximum atomic E-state index is 13.2. The molecule has 2 rings (SSSR count). The summed E-state index contributed by atoms with van der Waals surface area (Å²) in [7, 11) is 0. The summed E-state index contributed by atoms with van der Waals surface area (Å²) in [6.45, 7) is 4.90. The Morgan fingerprint density at radius 3 is 2.81 bits per heavy atom. The van der Waals surface area contributed by atoms with Gasteiger partial charge in [0.15, 0.2) is 0 Å². The van der Waals surface area contributed by atoms with Crippen LogP contribution >= 0.6 is 0 Å². The predicted octanol–water partition coefficient (Wildman–Crippen LogP) is 2.95. The van der Waals surface area contributed by atoms with Crippen LogP contribution in [0.1, 0.15) is 20.3 Å². The van der Waals surface area contributed by atoms with Crippen molar-refractivity contribution in [2.45, 2.75) is 25.8 Å². The molecule has 1 atom stereocenters. The van der Waals surface area contributed by atoms with Crippen molar-refractivity contribution in [2.24, 2.45) is 5.92 Å². The first-order chi connectivity index (χ1) is 7.55. The lowest BCUT2D eigenvalue weighted by atomic mass is 9.89. The van der Waals surface area contributed by atoms with Crippen molar-refractivity contribution >= 4 is 5.69 Å². The van der Waals surface area contributed by atoms with E-state index in [1.165, 1.54) is 12.1 Å². The third-order valence-electron chi connectivity index (χ3n) is 3.47. The van der Waals surface area contributed by atoms with Gasteiger partial charge in [-0.2, -0.15) is 5.26 Å². The summed E-state index contributed by atoms with van der Waals surface area (Å²) in [5.41, 5.74) is 0.644. The Kier molecular flexibility index (Phi) is 2.59. The van der Waals surface area contributed by atoms with Crippen LogP contribution in [0, 0.1) is 23.1 Å². The second-order valence-electron chi connectivity index (χ2n) is 4.76. The lowest BCUT2D eigenvalue weighted by Crippen LogP contribution is -2.42. The summed E-state index contributed by atoms with van der Waals surface area (Å²) < 4.78 is 13.2. The first kappa shape index (κ1) is 10.9. The fourth-order valence-corrected chi connectivity index (χ4v) is 2.42. The zero-order chi connectivity index (χ0) is 11.8. The Balaban J connectivity index is 2.34. The highest BCUT2D eigenvalue weighted by molar-refractivity contribution is 5.51. The number of hydrogen-bond acceptors (Lipinski definition) is 2. The van der Waals surface area contributed by atoms with E-state index in [-0.39, 0.29) is 17.3 Å². The highest BCUT2D eigenvalue weighted by Gasteiger charge is 2.41. The molecule has 3 heteroatoms. The van der Waals surface area contributed by atoms with Gasteiger partial charge in [-0.05, 0) is 38.5 Å². The van der Waals surface area contributed by atoms with E-state index in [1.54, 1.807) is 6.07 Å². The highest BCUT2D eigenvalue weighted by Crippen LogP contribution is 2.37. The molecule has 1 aliphatic heterocycles. The van der Waals surface area contributed by atoms with Crippen LogP contribution in [-0.2, 0) is 0 Å². The van der Waals surface area contributed by atoms with Gasteiger partial charge < -0.3 is 4.90 Å². The molecule has 0 aliphatic carbocycles. The molecule has 0 radical (unpaired) electrons. The average molecular weight is 218 g/mol. The average Bonchev–Trinajstić information content (AvgIpc) is 2.53. The van der Waals surface area contributed by atoms with E-state index in [9.17, 15) is 4.39 Å². The topological polar surface area (TPSA) is 27.0 Å². The summed E-state index contributed by atoms with van der Waals surface area (Å²) in [6, 6.07) is 8.90. The lowest BCUT2D eigenvalue weighted by Gasteiger charge is -2.35. The van der Waals surface area contributed by atoms with Gasteiger partial charge in [-0.15, -0.1) is 0 Å². The SMILES string of the molecule is CC1(C)C(C#N)CCN1c1cccc(F)c1. The molecule has 0 spiro atoms. The van der Waals surface area contributed by atoms with Gasteiger partial charge in [-0.1, -0.05) is 6.07 Å². The van der Waals surface area contributed by atoms with Crippen LogP contribution in [0.4, 0.5) is 10.1 Å². The molecule has 2 nitrogen and oxygen atoms in total. The van der Waals surface area contributed by atoms with Gasteiger partial charge in [0.2, 0.25) is 0 Å². The maximum Gasteiger partial charge on any atom is 0.125 e. The van der Waals surface area contributed by atoms with E-state index in [1.807, 2.05) is 19.9 Å². The summed E-state index contributed by atoms with van der Waals surface area (Å²) in [4.78, 5) is 2.12. The molecule has 16 heavy (non-hydrogen) atoms. The van der Waals surface area contributed by atoms with Gasteiger partial charge in [0.25, 0.3) is 0 Å². The molecule has 1 fully saturated rings. The van der Waals surface area contributed by atoms with E-state index in [0.29, 0.717) is 0 Å². The minimum absolute atomic E-state index is 0.00997. The number of nitrogens with zero attached hydrogens (tertiary/aromatic N) is 2. The molecule has 1 aliphatic rings. The van der Waals surface area contributed by atoms with E-state index >= 15 is 0 Å². The number of halogens is 1. The summed E-state index contributed by atoms with van der Waals surface area (Å²) in [5, 5.41) is 9.07. The lowest BCUT2D eigenvalue weighted by molar-refractivity contribution is 0.438. The Labute approximate surface area is 95.3 Å². The van der Waals surface area contributed by atoms with Crippen LogP contribution in [0.15, 0.2) is 24.3 Å². The monoisotopic (exact) mass is 218 g/mol. The van der Waals surface area contributed by atoms with Crippen molar-refractivity contribution in [3.63, 3.8) is 0 Å². The second-order valence-corrected chi connectivity index (χ2v) is 4.76. The molecule has 0 aromatic heterocycles. The van der Waals surface area contributed by atoms with Gasteiger partial charge in [-0.3, -0.25) is 0 Å². The fraction of sp³-hybridized carbons (Fsp3) is 0.462. The highest BCUT2D eigenvalue weighted by atomic mass is 19.1. The second kappa shape index (κ2) is 3.79. The van der Waals surface area contributed by atoms with Crippen LogP contribution in [0.5, 0.6) is 0 Å². The fourth-order valence-electron chi connectivity index (χ4n) is 2.42. The minimum atomic E-state index is -0.228. The molecule has 1 aromatic rings. The van der Waals surface area contributed by atoms with Crippen LogP contribution in [0.2, 0.25) is 0 Å². The smallest absolute Gasteiger partial charge is 0.125 e. The van der Waals surface area contributed by atoms with Crippen molar-refractivity contribution in [3.8, 4) is 6.07 Å². The van der Waals surface area contributed by atoms with E-state index in [4.69, 9.17) is 5.26 Å². The Morgan fingerprint density at radius 1 is 1.50 bits per heavy atom. The Morgan fingerprint density at radius 2 is 2.25 bits per heavy atom. The summed E-state index contributed by atoms with van der Waals surface area (Å²) >= 11 is 0. The van der Waals surface area contributed by atoms with Crippen molar-refractivity contribution in [1.82, 2.24) is 0 Å². The first-order valence-corrected chi connectivity index (χ1v) is 5.48. The molecule has 1 aromatic carbocycles. The normalized spacial score (nSPS) is 23.1. The third kappa shape index (κ3) is 1.65. The number of hydrogen-bond donors (Lipinski definition) is 0. The Bertz CT molecular complexity index is 434. The predicted molar refractivity (Wildman–Crippen MR) is 61.5 cm³/mol. The quantitative estimate of drug-likeness (QED) is 0.724. The van der Waals surface area contributed by atoms with Gasteiger partial charge in [0.05, 0.1) is 17.5 Å². The van der Waals surface area contributed by atoms with Gasteiger partial charge in [-0.25, -0.2) is 4.39 Å². The molecule has 0 bridgehead atoms. The maximum absolute atomic E-state index is 13.2. The standard InChI is InChI=1S/C13H15FN2/c1-13(2)10(9-15)6-7-16(13)12-5-3-4-11(14)8-12/h3-5,8,10H,6-7H2,1-2H3.